The lowest BCUT2D eigenvalue weighted by atomic mass is 10.2. The fourth-order valence-corrected chi connectivity index (χ4v) is 2.86. The third-order valence-corrected chi connectivity index (χ3v) is 4.62. The van der Waals surface area contributed by atoms with Crippen LogP contribution in [0.15, 0.2) is 29.4 Å². The normalized spacial score (nSPS) is 10.7. The molecular weight excluding hydrogens is 538 g/mol. The highest BCUT2D eigenvalue weighted by Crippen LogP contribution is 2.32. The highest BCUT2D eigenvalue weighted by atomic mass is 19.2. The molecule has 3 rings (SSSR count). The molecule has 11 nitrogen and oxygen atoms in total. The van der Waals surface area contributed by atoms with Crippen LogP contribution in [0.5, 0.6) is 11.8 Å². The van der Waals surface area contributed by atoms with E-state index in [-0.39, 0.29) is 58.0 Å². The minimum Gasteiger partial charge on any atom is -0.418 e. The molecule has 0 spiro atoms. The molecule has 208 valence electrons. The molecule has 2 N–H and O–H groups in total. The number of hydrogen-bond donors (Lipinski definition) is 2. The zero-order valence-corrected chi connectivity index (χ0v) is 19.9. The van der Waals surface area contributed by atoms with Gasteiger partial charge in [-0.2, -0.15) is 23.7 Å². The number of anilines is 2. The third-order valence-electron chi connectivity index (χ3n) is 4.62. The first kappa shape index (κ1) is 29.2. The number of hydrogen-bond acceptors (Lipinski definition) is 9. The Morgan fingerprint density at radius 3 is 2.10 bits per heavy atom. The van der Waals surface area contributed by atoms with E-state index in [0.29, 0.717) is 5.56 Å². The molecule has 0 bridgehead atoms. The summed E-state index contributed by atoms with van der Waals surface area (Å²) in [6.45, 7) is 1.12. The first-order valence-corrected chi connectivity index (χ1v) is 11.1. The number of rotatable bonds is 15. The van der Waals surface area contributed by atoms with Crippen LogP contribution in [-0.2, 0) is 16.0 Å². The van der Waals surface area contributed by atoms with Crippen LogP contribution in [0.4, 0.5) is 38.2 Å². The summed E-state index contributed by atoms with van der Waals surface area (Å²) in [5, 5.41) is 8.78. The van der Waals surface area contributed by atoms with Gasteiger partial charge in [0, 0.05) is 24.5 Å². The topological polar surface area (TPSA) is 139 Å². The molecule has 39 heavy (non-hydrogen) atoms. The maximum absolute atomic E-state index is 14.1. The Morgan fingerprint density at radius 2 is 1.44 bits per heavy atom. The molecular formula is C22H20F6N8O3. The molecule has 0 fully saturated rings. The van der Waals surface area contributed by atoms with E-state index < -0.39 is 46.7 Å². The van der Waals surface area contributed by atoms with E-state index in [1.165, 1.54) is 18.2 Å². The van der Waals surface area contributed by atoms with Gasteiger partial charge in [0.25, 0.3) is 0 Å². The van der Waals surface area contributed by atoms with Gasteiger partial charge in [-0.3, -0.25) is 0 Å². The van der Waals surface area contributed by atoms with Crippen molar-refractivity contribution in [2.24, 2.45) is 5.11 Å². The molecule has 17 heteroatoms. The summed E-state index contributed by atoms with van der Waals surface area (Å²) in [7, 11) is 0. The second-order valence-corrected chi connectivity index (χ2v) is 7.36. The van der Waals surface area contributed by atoms with Crippen molar-refractivity contribution in [2.75, 3.05) is 50.2 Å². The van der Waals surface area contributed by atoms with E-state index >= 15 is 0 Å². The molecule has 1 heterocycles. The number of nitrogens with zero attached hydrogens (tertiary/aromatic N) is 6. The summed E-state index contributed by atoms with van der Waals surface area (Å²) in [6.07, 6.45) is 0. The number of azide groups is 1. The van der Waals surface area contributed by atoms with E-state index in [1.807, 2.05) is 0 Å². The van der Waals surface area contributed by atoms with Crippen LogP contribution in [0, 0.1) is 34.9 Å². The second-order valence-electron chi connectivity index (χ2n) is 7.36. The van der Waals surface area contributed by atoms with Gasteiger partial charge in [0.05, 0.1) is 26.4 Å². The average Bonchev–Trinajstić information content (AvgIpc) is 2.93. The molecule has 0 radical (unpaired) electrons. The monoisotopic (exact) mass is 558 g/mol. The van der Waals surface area contributed by atoms with Crippen LogP contribution in [0.25, 0.3) is 10.4 Å². The minimum absolute atomic E-state index is 0.00592. The fourth-order valence-electron chi connectivity index (χ4n) is 2.86. The molecule has 0 saturated carbocycles. The second kappa shape index (κ2) is 14.6. The predicted octanol–water partition coefficient (Wildman–Crippen LogP) is 4.87. The Labute approximate surface area is 216 Å². The molecule has 0 aliphatic heterocycles. The van der Waals surface area contributed by atoms with Gasteiger partial charge in [0.2, 0.25) is 46.7 Å². The van der Waals surface area contributed by atoms with Crippen molar-refractivity contribution in [3.05, 3.63) is 75.2 Å². The lowest BCUT2D eigenvalue weighted by Gasteiger charge is -2.12. The Hall–Kier alpha value is -4.34. The molecule has 0 aliphatic rings. The first-order valence-electron chi connectivity index (χ1n) is 11.1. The summed E-state index contributed by atoms with van der Waals surface area (Å²) in [5.41, 5.74) is 8.66. The van der Waals surface area contributed by atoms with Gasteiger partial charge >= 0.3 is 6.01 Å². The first-order chi connectivity index (χ1) is 18.8. The maximum Gasteiger partial charge on any atom is 0.328 e. The average molecular weight is 558 g/mol. The summed E-state index contributed by atoms with van der Waals surface area (Å²) in [5.74, 6) is -13.7. The summed E-state index contributed by atoms with van der Waals surface area (Å²) in [4.78, 5) is 14.2. The zero-order chi connectivity index (χ0) is 28.2. The Kier molecular flexibility index (Phi) is 10.9. The van der Waals surface area contributed by atoms with Gasteiger partial charge in [0.15, 0.2) is 0 Å². The standard InChI is InChI=1S/C22H20F6N8O3/c23-13-3-1-2-12(10-13)11-31-21-33-20(30-4-6-37-8-9-38-7-5-32-36-29)34-22(35-21)39-19-17(27)15(25)14(24)16(26)18(19)28/h1-3,10H,4-9,11H2,(H2,30,31,33,34,35). The molecule has 3 aromatic rings. The van der Waals surface area contributed by atoms with E-state index in [0.717, 1.165) is 0 Å². The minimum atomic E-state index is -2.35. The SMILES string of the molecule is [N-]=[N+]=NCCOCCOCCNc1nc(NCc2cccc(F)c2)nc(Oc2c(F)c(F)c(F)c(F)c2F)n1. The van der Waals surface area contributed by atoms with E-state index in [1.54, 1.807) is 6.07 Å². The maximum atomic E-state index is 14.1. The van der Waals surface area contributed by atoms with E-state index in [4.69, 9.17) is 19.7 Å². The Bertz CT molecular complexity index is 1300. The van der Waals surface area contributed by atoms with Gasteiger partial charge in [0.1, 0.15) is 5.82 Å². The molecule has 2 aromatic carbocycles. The Balaban J connectivity index is 1.70. The van der Waals surface area contributed by atoms with Crippen molar-refractivity contribution < 1.29 is 40.6 Å². The number of nitrogens with one attached hydrogen (secondary N) is 2. The highest BCUT2D eigenvalue weighted by molar-refractivity contribution is 5.39. The largest absolute Gasteiger partial charge is 0.418 e. The van der Waals surface area contributed by atoms with Crippen LogP contribution in [0.3, 0.4) is 0 Å². The van der Waals surface area contributed by atoms with Crippen LogP contribution in [-0.4, -0.2) is 54.5 Å². The number of ether oxygens (including phenoxy) is 3. The van der Waals surface area contributed by atoms with Crippen molar-refractivity contribution in [3.8, 4) is 11.8 Å². The smallest absolute Gasteiger partial charge is 0.328 e. The van der Waals surface area contributed by atoms with Crippen molar-refractivity contribution in [3.63, 3.8) is 0 Å². The van der Waals surface area contributed by atoms with Crippen LogP contribution in [0.2, 0.25) is 0 Å². The van der Waals surface area contributed by atoms with Crippen molar-refractivity contribution >= 4 is 11.9 Å². The summed E-state index contributed by atoms with van der Waals surface area (Å²) in [6, 6.07) is 4.74. The van der Waals surface area contributed by atoms with Gasteiger partial charge in [-0.15, -0.1) is 0 Å². The Morgan fingerprint density at radius 1 is 0.795 bits per heavy atom. The van der Waals surface area contributed by atoms with Crippen molar-refractivity contribution in [1.82, 2.24) is 15.0 Å². The predicted molar refractivity (Wildman–Crippen MR) is 124 cm³/mol. The lowest BCUT2D eigenvalue weighted by Crippen LogP contribution is -2.16. The van der Waals surface area contributed by atoms with Crippen molar-refractivity contribution in [2.45, 2.75) is 6.54 Å². The number of aromatic nitrogens is 3. The third kappa shape index (κ3) is 8.59. The van der Waals surface area contributed by atoms with Crippen molar-refractivity contribution in [1.29, 1.82) is 0 Å². The molecule has 1 aromatic heterocycles. The fraction of sp³-hybridized carbons (Fsp3) is 0.318. The van der Waals surface area contributed by atoms with Crippen LogP contribution in [0.1, 0.15) is 5.56 Å². The molecule has 0 unspecified atom stereocenters. The zero-order valence-electron chi connectivity index (χ0n) is 19.9. The molecule has 0 aliphatic carbocycles. The molecule has 0 amide bonds. The number of benzene rings is 2. The van der Waals surface area contributed by atoms with E-state index in [9.17, 15) is 26.3 Å². The summed E-state index contributed by atoms with van der Waals surface area (Å²) < 4.78 is 97.5. The van der Waals surface area contributed by atoms with Gasteiger partial charge in [-0.05, 0) is 23.2 Å². The molecule has 0 saturated heterocycles. The lowest BCUT2D eigenvalue weighted by molar-refractivity contribution is 0.0547. The molecule has 0 atom stereocenters. The highest BCUT2D eigenvalue weighted by Gasteiger charge is 2.28. The van der Waals surface area contributed by atoms with E-state index in [2.05, 4.69) is 35.6 Å². The van der Waals surface area contributed by atoms with Gasteiger partial charge in [-0.1, -0.05) is 17.2 Å². The van der Waals surface area contributed by atoms with Gasteiger partial charge < -0.3 is 24.8 Å². The van der Waals surface area contributed by atoms with Crippen LogP contribution < -0.4 is 15.4 Å². The van der Waals surface area contributed by atoms with Gasteiger partial charge in [-0.25, -0.2) is 17.6 Å². The quantitative estimate of drug-likeness (QED) is 0.0513. The number of halogens is 6. The summed E-state index contributed by atoms with van der Waals surface area (Å²) >= 11 is 0. The van der Waals surface area contributed by atoms with Crippen LogP contribution >= 0.6 is 0 Å².